The molecule has 0 aliphatic carbocycles. The molecule has 2 heterocycles. The van der Waals surface area contributed by atoms with E-state index in [1.54, 1.807) is 12.1 Å². The molecule has 0 unspecified atom stereocenters. The monoisotopic (exact) mass is 384 g/mol. The first kappa shape index (κ1) is 17.2. The largest absolute Gasteiger partial charge is 0.545 e. The number of fused-ring (bicyclic) bond motifs is 1. The number of aromatic nitrogens is 1. The van der Waals surface area contributed by atoms with Crippen molar-refractivity contribution in [2.45, 2.75) is 0 Å². The molecule has 0 fully saturated rings. The van der Waals surface area contributed by atoms with Crippen molar-refractivity contribution in [3.63, 3.8) is 0 Å². The number of nitrogens with zero attached hydrogens (tertiary/aromatic N) is 1. The maximum atomic E-state index is 13.5. The van der Waals surface area contributed by atoms with E-state index >= 15 is 0 Å². The first-order chi connectivity index (χ1) is 12.9. The Labute approximate surface area is 156 Å². The SMILES string of the molecule is O=C([O-])c1cc(-c2ccc(-c3ccc(F)c(Cl)c3)o2)nc2ccc(F)cc12. The van der Waals surface area contributed by atoms with E-state index < -0.39 is 17.6 Å². The Kier molecular flexibility index (Phi) is 4.12. The maximum Gasteiger partial charge on any atom is 0.153 e. The molecule has 7 heteroatoms. The van der Waals surface area contributed by atoms with Gasteiger partial charge in [-0.25, -0.2) is 13.8 Å². The van der Waals surface area contributed by atoms with Gasteiger partial charge in [-0.2, -0.15) is 0 Å². The summed E-state index contributed by atoms with van der Waals surface area (Å²) >= 11 is 5.79. The van der Waals surface area contributed by atoms with Gasteiger partial charge in [-0.3, -0.25) is 0 Å². The number of hydrogen-bond acceptors (Lipinski definition) is 4. The highest BCUT2D eigenvalue weighted by molar-refractivity contribution is 6.31. The van der Waals surface area contributed by atoms with Gasteiger partial charge >= 0.3 is 0 Å². The molecule has 0 saturated carbocycles. The van der Waals surface area contributed by atoms with Crippen LogP contribution >= 0.6 is 11.6 Å². The summed E-state index contributed by atoms with van der Waals surface area (Å²) in [4.78, 5) is 15.8. The lowest BCUT2D eigenvalue weighted by Gasteiger charge is -2.09. The first-order valence-corrected chi connectivity index (χ1v) is 8.17. The summed E-state index contributed by atoms with van der Waals surface area (Å²) in [5.74, 6) is -1.88. The summed E-state index contributed by atoms with van der Waals surface area (Å²) in [5, 5.41) is 11.6. The normalized spacial score (nSPS) is 11.1. The molecule has 0 atom stereocenters. The van der Waals surface area contributed by atoms with Crippen molar-refractivity contribution in [3.05, 3.63) is 76.8 Å². The fraction of sp³-hybridized carbons (Fsp3) is 0. The molecule has 2 aromatic carbocycles. The Bertz CT molecular complexity index is 1200. The Morgan fingerprint density at radius 2 is 1.78 bits per heavy atom. The van der Waals surface area contributed by atoms with Crippen LogP contribution in [0.3, 0.4) is 0 Å². The van der Waals surface area contributed by atoms with Gasteiger partial charge in [0.05, 0.1) is 16.5 Å². The first-order valence-electron chi connectivity index (χ1n) is 7.79. The number of hydrogen-bond donors (Lipinski definition) is 0. The molecule has 0 amide bonds. The number of halogens is 3. The topological polar surface area (TPSA) is 66.2 Å². The molecule has 4 rings (SSSR count). The fourth-order valence-electron chi connectivity index (χ4n) is 2.77. The average Bonchev–Trinajstić information content (AvgIpc) is 3.13. The van der Waals surface area contributed by atoms with Gasteiger partial charge in [-0.05, 0) is 54.6 Å². The number of pyridine rings is 1. The smallest absolute Gasteiger partial charge is 0.153 e. The van der Waals surface area contributed by atoms with Crippen molar-refractivity contribution >= 4 is 28.5 Å². The summed E-state index contributed by atoms with van der Waals surface area (Å²) < 4.78 is 32.5. The molecule has 27 heavy (non-hydrogen) atoms. The van der Waals surface area contributed by atoms with Crippen LogP contribution in [-0.2, 0) is 0 Å². The van der Waals surface area contributed by atoms with Gasteiger partial charge in [0.25, 0.3) is 0 Å². The van der Waals surface area contributed by atoms with Crippen molar-refractivity contribution in [1.82, 2.24) is 4.98 Å². The van der Waals surface area contributed by atoms with E-state index in [2.05, 4.69) is 4.98 Å². The van der Waals surface area contributed by atoms with Crippen LogP contribution < -0.4 is 5.11 Å². The second-order valence-electron chi connectivity index (χ2n) is 5.80. The zero-order chi connectivity index (χ0) is 19.1. The summed E-state index contributed by atoms with van der Waals surface area (Å²) in [5.41, 5.74) is 0.886. The lowest BCUT2D eigenvalue weighted by molar-refractivity contribution is -0.254. The zero-order valence-electron chi connectivity index (χ0n) is 13.5. The van der Waals surface area contributed by atoms with Crippen LogP contribution in [0.5, 0.6) is 0 Å². The third kappa shape index (κ3) is 3.15. The molecule has 2 aromatic heterocycles. The molecular weight excluding hydrogens is 376 g/mol. The minimum atomic E-state index is -1.45. The summed E-state index contributed by atoms with van der Waals surface area (Å²) in [6.07, 6.45) is 0. The van der Waals surface area contributed by atoms with E-state index in [0.29, 0.717) is 17.1 Å². The lowest BCUT2D eigenvalue weighted by atomic mass is 10.1. The quantitative estimate of drug-likeness (QED) is 0.523. The van der Waals surface area contributed by atoms with E-state index in [1.807, 2.05) is 0 Å². The van der Waals surface area contributed by atoms with Crippen LogP contribution in [0.2, 0.25) is 5.02 Å². The van der Waals surface area contributed by atoms with Crippen LogP contribution in [0.15, 0.2) is 59.0 Å². The minimum absolute atomic E-state index is 0.0458. The van der Waals surface area contributed by atoms with Crippen molar-refractivity contribution in [2.24, 2.45) is 0 Å². The standard InChI is InChI=1S/C20H10ClF2NO3/c21-14-7-10(1-3-15(14)23)18-5-6-19(27-18)17-9-13(20(25)26)12-8-11(22)2-4-16(12)24-17/h1-9H,(H,25,26)/p-1. The highest BCUT2D eigenvalue weighted by Gasteiger charge is 2.14. The van der Waals surface area contributed by atoms with E-state index in [4.69, 9.17) is 16.0 Å². The predicted molar refractivity (Wildman–Crippen MR) is 94.1 cm³/mol. The van der Waals surface area contributed by atoms with Crippen LogP contribution in [0.25, 0.3) is 33.7 Å². The lowest BCUT2D eigenvalue weighted by Crippen LogP contribution is -2.22. The van der Waals surface area contributed by atoms with Gasteiger partial charge in [0.2, 0.25) is 0 Å². The Morgan fingerprint density at radius 1 is 1.00 bits per heavy atom. The summed E-state index contributed by atoms with van der Waals surface area (Å²) in [6, 6.07) is 12.3. The van der Waals surface area contributed by atoms with E-state index in [1.165, 1.54) is 36.4 Å². The van der Waals surface area contributed by atoms with Crippen LogP contribution in [0.4, 0.5) is 8.78 Å². The number of carboxylic acids is 1. The van der Waals surface area contributed by atoms with E-state index in [-0.39, 0.29) is 27.2 Å². The molecule has 0 radical (unpaired) electrons. The predicted octanol–water partition coefficient (Wildman–Crippen LogP) is 4.46. The van der Waals surface area contributed by atoms with Gasteiger partial charge in [0.1, 0.15) is 23.1 Å². The molecule has 0 N–H and O–H groups in total. The van der Waals surface area contributed by atoms with Gasteiger partial charge in [0.15, 0.2) is 5.76 Å². The highest BCUT2D eigenvalue weighted by atomic mass is 35.5. The Balaban J connectivity index is 1.83. The number of furan rings is 1. The second kappa shape index (κ2) is 6.48. The summed E-state index contributed by atoms with van der Waals surface area (Å²) in [7, 11) is 0. The number of aromatic carboxylic acids is 1. The molecule has 4 aromatic rings. The maximum absolute atomic E-state index is 13.5. The van der Waals surface area contributed by atoms with Crippen LogP contribution in [0.1, 0.15) is 10.4 Å². The Hall–Kier alpha value is -3.25. The molecule has 0 spiro atoms. The van der Waals surface area contributed by atoms with E-state index in [0.717, 1.165) is 6.07 Å². The molecule has 134 valence electrons. The third-order valence-corrected chi connectivity index (χ3v) is 4.34. The highest BCUT2D eigenvalue weighted by Crippen LogP contribution is 2.31. The Morgan fingerprint density at radius 3 is 2.52 bits per heavy atom. The van der Waals surface area contributed by atoms with Crippen LogP contribution in [0, 0.1) is 11.6 Å². The molecule has 4 nitrogen and oxygen atoms in total. The molecule has 0 aliphatic rings. The van der Waals surface area contributed by atoms with Crippen molar-refractivity contribution in [3.8, 4) is 22.8 Å². The van der Waals surface area contributed by atoms with E-state index in [9.17, 15) is 18.7 Å². The van der Waals surface area contributed by atoms with Gasteiger partial charge in [-0.1, -0.05) is 11.6 Å². The molecule has 0 bridgehead atoms. The number of carbonyl (C=O) groups excluding carboxylic acids is 1. The zero-order valence-corrected chi connectivity index (χ0v) is 14.3. The van der Waals surface area contributed by atoms with Crippen LogP contribution in [-0.4, -0.2) is 11.0 Å². The van der Waals surface area contributed by atoms with Crippen molar-refractivity contribution < 1.29 is 23.1 Å². The fourth-order valence-corrected chi connectivity index (χ4v) is 2.95. The average molecular weight is 385 g/mol. The third-order valence-electron chi connectivity index (χ3n) is 4.05. The van der Waals surface area contributed by atoms with Gasteiger partial charge < -0.3 is 14.3 Å². The molecular formula is C20H9ClF2NO3-. The molecule has 0 saturated heterocycles. The second-order valence-corrected chi connectivity index (χ2v) is 6.20. The van der Waals surface area contributed by atoms with Gasteiger partial charge in [0, 0.05) is 16.5 Å². The molecule has 0 aliphatic heterocycles. The number of carbonyl (C=O) groups is 1. The number of benzene rings is 2. The van der Waals surface area contributed by atoms with Crippen molar-refractivity contribution in [1.29, 1.82) is 0 Å². The summed E-state index contributed by atoms with van der Waals surface area (Å²) in [6.45, 7) is 0. The van der Waals surface area contributed by atoms with Gasteiger partial charge in [-0.15, -0.1) is 0 Å². The van der Waals surface area contributed by atoms with Crippen molar-refractivity contribution in [2.75, 3.05) is 0 Å². The minimum Gasteiger partial charge on any atom is -0.545 e. The number of rotatable bonds is 3. The number of carboxylic acid groups (broad SMARTS) is 1.